The Hall–Kier alpha value is -3.68. The number of carbonyl (C=O) groups excluding carboxylic acids is 3. The first-order chi connectivity index (χ1) is 16.3. The van der Waals surface area contributed by atoms with Crippen molar-refractivity contribution >= 4 is 34.4 Å². The van der Waals surface area contributed by atoms with Gasteiger partial charge in [-0.3, -0.25) is 19.3 Å². The highest BCUT2D eigenvalue weighted by Gasteiger charge is 2.52. The molecule has 1 aromatic heterocycles. The quantitative estimate of drug-likeness (QED) is 0.586. The first-order valence-electron chi connectivity index (χ1n) is 11.8. The van der Waals surface area contributed by atoms with Crippen molar-refractivity contribution in [1.82, 2.24) is 20.2 Å². The number of hydrogen-bond donors (Lipinski definition) is 2. The van der Waals surface area contributed by atoms with E-state index >= 15 is 0 Å². The van der Waals surface area contributed by atoms with Crippen LogP contribution in [-0.4, -0.2) is 44.8 Å². The maximum absolute atomic E-state index is 13.4. The summed E-state index contributed by atoms with van der Waals surface area (Å²) in [6, 6.07) is 14.7. The van der Waals surface area contributed by atoms with E-state index in [0.29, 0.717) is 29.9 Å². The number of carbonyl (C=O) groups is 3. The molecule has 0 spiro atoms. The normalized spacial score (nSPS) is 20.6. The van der Waals surface area contributed by atoms with Gasteiger partial charge in [0.15, 0.2) is 0 Å². The molecule has 2 aliphatic heterocycles. The van der Waals surface area contributed by atoms with Gasteiger partial charge in [-0.05, 0) is 43.5 Å². The molecule has 2 aromatic carbocycles. The van der Waals surface area contributed by atoms with E-state index in [1.807, 2.05) is 57.2 Å². The summed E-state index contributed by atoms with van der Waals surface area (Å²) in [7, 11) is 0. The molecule has 2 aliphatic rings. The van der Waals surface area contributed by atoms with E-state index in [1.165, 1.54) is 0 Å². The Morgan fingerprint density at radius 1 is 1.15 bits per heavy atom. The van der Waals surface area contributed by atoms with Crippen LogP contribution in [0, 0.1) is 5.92 Å². The Kier molecular flexibility index (Phi) is 5.38. The molecule has 2 atom stereocenters. The minimum atomic E-state index is -0.765. The molecule has 3 amide bonds. The van der Waals surface area contributed by atoms with Gasteiger partial charge in [-0.15, -0.1) is 0 Å². The topological polar surface area (TPSA) is 98.4 Å². The number of H-pyrrole nitrogens is 1. The summed E-state index contributed by atoms with van der Waals surface area (Å²) in [6.07, 6.45) is 1.05. The van der Waals surface area contributed by atoms with E-state index in [-0.39, 0.29) is 42.6 Å². The first-order valence-corrected chi connectivity index (χ1v) is 11.8. The molecule has 0 saturated carbocycles. The van der Waals surface area contributed by atoms with Crippen LogP contribution in [0.25, 0.3) is 11.0 Å². The number of amides is 3. The van der Waals surface area contributed by atoms with Gasteiger partial charge in [-0.1, -0.05) is 38.1 Å². The zero-order chi connectivity index (χ0) is 24.0. The van der Waals surface area contributed by atoms with Crippen LogP contribution in [0.2, 0.25) is 0 Å². The Labute approximate surface area is 198 Å². The van der Waals surface area contributed by atoms with Crippen molar-refractivity contribution in [2.75, 3.05) is 11.4 Å². The highest BCUT2D eigenvalue weighted by atomic mass is 16.2. The molecule has 0 radical (unpaired) electrons. The van der Waals surface area contributed by atoms with Crippen molar-refractivity contribution in [1.29, 1.82) is 0 Å². The predicted molar refractivity (Wildman–Crippen MR) is 129 cm³/mol. The van der Waals surface area contributed by atoms with Gasteiger partial charge in [0, 0.05) is 19.4 Å². The van der Waals surface area contributed by atoms with Crippen molar-refractivity contribution in [3.05, 3.63) is 59.9 Å². The smallest absolute Gasteiger partial charge is 0.257 e. The van der Waals surface area contributed by atoms with Crippen LogP contribution in [0.3, 0.4) is 0 Å². The van der Waals surface area contributed by atoms with Gasteiger partial charge in [-0.25, -0.2) is 4.98 Å². The number of nitrogens with one attached hydrogen (secondary N) is 2. The molecule has 0 aliphatic carbocycles. The number of benzene rings is 2. The van der Waals surface area contributed by atoms with E-state index < -0.39 is 5.66 Å². The summed E-state index contributed by atoms with van der Waals surface area (Å²) in [5, 5.41) is 3.10. The van der Waals surface area contributed by atoms with Crippen molar-refractivity contribution in [3.63, 3.8) is 0 Å². The SMILES string of the molecule is CC(C)[C@@H](NC(=O)CCN1C(=O)c2ccccc2N2C(=O)CC[C@@]12C)c1nc2ccccc2[nH]1. The average molecular weight is 460 g/mol. The molecule has 176 valence electrons. The molecule has 5 rings (SSSR count). The number of anilines is 1. The van der Waals surface area contributed by atoms with Gasteiger partial charge in [0.25, 0.3) is 5.91 Å². The number of nitrogens with zero attached hydrogens (tertiary/aromatic N) is 3. The number of rotatable bonds is 6. The number of fused-ring (bicyclic) bond motifs is 4. The summed E-state index contributed by atoms with van der Waals surface area (Å²) >= 11 is 0. The molecular formula is C26H29N5O3. The highest BCUT2D eigenvalue weighted by Crippen LogP contribution is 2.44. The maximum atomic E-state index is 13.4. The standard InChI is InChI=1S/C26H29N5O3/c1-16(2)23(24-27-18-9-5-6-10-19(18)28-24)29-21(32)13-15-30-25(34)17-8-4-7-11-20(17)31-22(33)12-14-26(30,31)3/h4-11,16,23H,12-15H2,1-3H3,(H,27,28)(H,29,32)/t23-,26+/m1/s1. The van der Waals surface area contributed by atoms with Gasteiger partial charge < -0.3 is 15.2 Å². The largest absolute Gasteiger partial charge is 0.346 e. The molecular weight excluding hydrogens is 430 g/mol. The monoisotopic (exact) mass is 459 g/mol. The third-order valence-electron chi connectivity index (χ3n) is 6.99. The van der Waals surface area contributed by atoms with Crippen LogP contribution in [0.4, 0.5) is 5.69 Å². The van der Waals surface area contributed by atoms with Crippen LogP contribution < -0.4 is 10.2 Å². The molecule has 0 unspecified atom stereocenters. The van der Waals surface area contributed by atoms with Gasteiger partial charge >= 0.3 is 0 Å². The second kappa shape index (κ2) is 8.27. The number of aromatic nitrogens is 2. The lowest BCUT2D eigenvalue weighted by atomic mass is 9.98. The van der Waals surface area contributed by atoms with E-state index in [2.05, 4.69) is 15.3 Å². The maximum Gasteiger partial charge on any atom is 0.257 e. The lowest BCUT2D eigenvalue weighted by molar-refractivity contribution is -0.122. The lowest BCUT2D eigenvalue weighted by Crippen LogP contribution is -2.62. The van der Waals surface area contributed by atoms with E-state index in [1.54, 1.807) is 21.9 Å². The van der Waals surface area contributed by atoms with E-state index in [9.17, 15) is 14.4 Å². The average Bonchev–Trinajstić information content (AvgIpc) is 3.38. The molecule has 1 fully saturated rings. The van der Waals surface area contributed by atoms with Gasteiger partial charge in [-0.2, -0.15) is 0 Å². The molecule has 0 bridgehead atoms. The molecule has 1 saturated heterocycles. The lowest BCUT2D eigenvalue weighted by Gasteiger charge is -2.48. The van der Waals surface area contributed by atoms with E-state index in [4.69, 9.17) is 0 Å². The van der Waals surface area contributed by atoms with Crippen LogP contribution in [0.15, 0.2) is 48.5 Å². The summed E-state index contributed by atoms with van der Waals surface area (Å²) in [4.78, 5) is 50.5. The summed E-state index contributed by atoms with van der Waals surface area (Å²) in [5.74, 6) is 0.530. The molecule has 2 N–H and O–H groups in total. The van der Waals surface area contributed by atoms with Crippen molar-refractivity contribution < 1.29 is 14.4 Å². The number of aromatic amines is 1. The van der Waals surface area contributed by atoms with Crippen molar-refractivity contribution in [2.45, 2.75) is 51.7 Å². The number of imidazole rings is 1. The minimum absolute atomic E-state index is 0.00154. The molecule has 3 heterocycles. The molecule has 8 nitrogen and oxygen atoms in total. The Morgan fingerprint density at radius 2 is 1.88 bits per heavy atom. The van der Waals surface area contributed by atoms with Gasteiger partial charge in [0.2, 0.25) is 11.8 Å². The highest BCUT2D eigenvalue weighted by molar-refractivity contribution is 6.10. The Morgan fingerprint density at radius 3 is 2.65 bits per heavy atom. The Balaban J connectivity index is 1.34. The van der Waals surface area contributed by atoms with Crippen molar-refractivity contribution in [3.8, 4) is 0 Å². The van der Waals surface area contributed by atoms with Crippen LogP contribution in [0.5, 0.6) is 0 Å². The number of para-hydroxylation sites is 3. The van der Waals surface area contributed by atoms with Gasteiger partial charge in [0.05, 0.1) is 28.3 Å². The molecule has 8 heteroatoms. The zero-order valence-electron chi connectivity index (χ0n) is 19.7. The van der Waals surface area contributed by atoms with Gasteiger partial charge in [0.1, 0.15) is 11.5 Å². The first kappa shape index (κ1) is 22.1. The molecule has 34 heavy (non-hydrogen) atoms. The molecule has 3 aromatic rings. The summed E-state index contributed by atoms with van der Waals surface area (Å²) in [6.45, 7) is 6.21. The van der Waals surface area contributed by atoms with Crippen LogP contribution in [0.1, 0.15) is 62.3 Å². The fraction of sp³-hybridized carbons (Fsp3) is 0.385. The fourth-order valence-electron chi connectivity index (χ4n) is 5.17. The summed E-state index contributed by atoms with van der Waals surface area (Å²) in [5.41, 5.74) is 2.17. The second-order valence-corrected chi connectivity index (χ2v) is 9.60. The zero-order valence-corrected chi connectivity index (χ0v) is 19.7. The predicted octanol–water partition coefficient (Wildman–Crippen LogP) is 3.77. The minimum Gasteiger partial charge on any atom is -0.346 e. The summed E-state index contributed by atoms with van der Waals surface area (Å²) < 4.78 is 0. The van der Waals surface area contributed by atoms with E-state index in [0.717, 1.165) is 11.0 Å². The third-order valence-corrected chi connectivity index (χ3v) is 6.99. The Bertz CT molecular complexity index is 1250. The van der Waals surface area contributed by atoms with Crippen molar-refractivity contribution in [2.24, 2.45) is 5.92 Å². The van der Waals surface area contributed by atoms with Crippen LogP contribution in [-0.2, 0) is 9.59 Å². The number of hydrogen-bond acceptors (Lipinski definition) is 4. The van der Waals surface area contributed by atoms with Crippen LogP contribution >= 0.6 is 0 Å². The fourth-order valence-corrected chi connectivity index (χ4v) is 5.17. The third kappa shape index (κ3) is 3.54. The second-order valence-electron chi connectivity index (χ2n) is 9.60.